The number of benzene rings is 1. The summed E-state index contributed by atoms with van der Waals surface area (Å²) in [5, 5.41) is 9.91. The molecule has 5 rings (SSSR count). The fraction of sp³-hybridized carbons (Fsp3) is 0.417. The number of carbonyl (C=O) groups excluding carboxylic acids is 1. The SMILES string of the molecule is Cc1csc(C(=O)NC2CCC3(CC2)OCCO3)c1NCc1ccnc2ccccc12. The molecule has 162 valence electrons. The number of thiophene rings is 1. The van der Waals surface area contributed by atoms with Gasteiger partial charge in [0.2, 0.25) is 0 Å². The number of anilines is 1. The first-order valence-electron chi connectivity index (χ1n) is 10.9. The lowest BCUT2D eigenvalue weighted by Gasteiger charge is -2.35. The molecule has 31 heavy (non-hydrogen) atoms. The molecule has 2 aliphatic rings. The van der Waals surface area contributed by atoms with Crippen LogP contribution in [-0.4, -0.2) is 35.9 Å². The number of nitrogens with zero attached hydrogens (tertiary/aromatic N) is 1. The van der Waals surface area contributed by atoms with Gasteiger partial charge in [0.15, 0.2) is 5.79 Å². The maximum atomic E-state index is 13.1. The Labute approximate surface area is 186 Å². The number of carbonyl (C=O) groups is 1. The zero-order valence-corrected chi connectivity index (χ0v) is 18.5. The topological polar surface area (TPSA) is 72.5 Å². The number of pyridine rings is 1. The van der Waals surface area contributed by atoms with Gasteiger partial charge in [-0.15, -0.1) is 11.3 Å². The number of amides is 1. The van der Waals surface area contributed by atoms with Crippen LogP contribution in [0.3, 0.4) is 0 Å². The smallest absolute Gasteiger partial charge is 0.263 e. The molecular weight excluding hydrogens is 410 g/mol. The van der Waals surface area contributed by atoms with E-state index in [1.165, 1.54) is 11.3 Å². The molecule has 0 bridgehead atoms. The number of ether oxygens (including phenoxy) is 2. The van der Waals surface area contributed by atoms with E-state index in [-0.39, 0.29) is 11.9 Å². The van der Waals surface area contributed by atoms with E-state index in [2.05, 4.69) is 21.7 Å². The normalized spacial score (nSPS) is 18.5. The standard InChI is InChI=1S/C24H27N3O3S/c1-16-15-31-22(23(28)27-18-6-9-24(10-7-18)29-12-13-30-24)21(16)26-14-17-8-11-25-20-5-3-2-4-19(17)20/h2-5,8,11,15,18,26H,6-7,9-10,12-14H2,1H3,(H,27,28). The van der Waals surface area contributed by atoms with Crippen LogP contribution in [0, 0.1) is 6.92 Å². The van der Waals surface area contributed by atoms with Crippen molar-refractivity contribution >= 4 is 33.8 Å². The Kier molecular flexibility index (Phi) is 5.65. The van der Waals surface area contributed by atoms with Crippen molar-refractivity contribution in [1.29, 1.82) is 0 Å². The van der Waals surface area contributed by atoms with Gasteiger partial charge in [-0.1, -0.05) is 18.2 Å². The van der Waals surface area contributed by atoms with E-state index >= 15 is 0 Å². The molecule has 0 unspecified atom stereocenters. The van der Waals surface area contributed by atoms with Crippen LogP contribution in [0.4, 0.5) is 5.69 Å². The van der Waals surface area contributed by atoms with Crippen molar-refractivity contribution in [1.82, 2.24) is 10.3 Å². The van der Waals surface area contributed by atoms with Gasteiger partial charge in [-0.25, -0.2) is 0 Å². The fourth-order valence-electron chi connectivity index (χ4n) is 4.56. The Morgan fingerprint density at radius 2 is 1.97 bits per heavy atom. The van der Waals surface area contributed by atoms with Gasteiger partial charge in [0.1, 0.15) is 4.88 Å². The lowest BCUT2D eigenvalue weighted by molar-refractivity contribution is -0.179. The van der Waals surface area contributed by atoms with Crippen LogP contribution < -0.4 is 10.6 Å². The van der Waals surface area contributed by atoms with Crippen LogP contribution in [0.25, 0.3) is 10.9 Å². The van der Waals surface area contributed by atoms with Gasteiger partial charge in [0.05, 0.1) is 24.4 Å². The number of para-hydroxylation sites is 1. The first-order chi connectivity index (χ1) is 15.1. The molecule has 1 spiro atoms. The Hall–Kier alpha value is -2.48. The highest BCUT2D eigenvalue weighted by atomic mass is 32.1. The molecule has 3 aromatic rings. The van der Waals surface area contributed by atoms with Crippen molar-refractivity contribution in [2.24, 2.45) is 0 Å². The quantitative estimate of drug-likeness (QED) is 0.609. The molecule has 1 aliphatic carbocycles. The average Bonchev–Trinajstić information content (AvgIpc) is 3.40. The Bertz CT molecular complexity index is 1080. The lowest BCUT2D eigenvalue weighted by atomic mass is 9.90. The van der Waals surface area contributed by atoms with E-state index in [4.69, 9.17) is 9.47 Å². The predicted octanol–water partition coefficient (Wildman–Crippen LogP) is 4.63. The highest BCUT2D eigenvalue weighted by molar-refractivity contribution is 7.12. The Balaban J connectivity index is 1.25. The number of fused-ring (bicyclic) bond motifs is 1. The van der Waals surface area contributed by atoms with Crippen molar-refractivity contribution in [3.8, 4) is 0 Å². The number of rotatable bonds is 5. The number of nitrogens with one attached hydrogen (secondary N) is 2. The third kappa shape index (κ3) is 4.18. The third-order valence-electron chi connectivity index (χ3n) is 6.27. The molecule has 1 saturated carbocycles. The molecule has 2 aromatic heterocycles. The Morgan fingerprint density at radius 3 is 2.77 bits per heavy atom. The van der Waals surface area contributed by atoms with Crippen LogP contribution in [0.1, 0.15) is 46.5 Å². The fourth-order valence-corrected chi connectivity index (χ4v) is 5.49. The van der Waals surface area contributed by atoms with Crippen molar-refractivity contribution < 1.29 is 14.3 Å². The zero-order valence-electron chi connectivity index (χ0n) is 17.6. The summed E-state index contributed by atoms with van der Waals surface area (Å²) >= 11 is 1.49. The maximum Gasteiger partial charge on any atom is 0.263 e. The number of aryl methyl sites for hydroxylation is 1. The van der Waals surface area contributed by atoms with E-state index in [1.54, 1.807) is 0 Å². The van der Waals surface area contributed by atoms with E-state index < -0.39 is 5.79 Å². The largest absolute Gasteiger partial charge is 0.379 e. The minimum Gasteiger partial charge on any atom is -0.379 e. The summed E-state index contributed by atoms with van der Waals surface area (Å²) in [5.74, 6) is -0.407. The van der Waals surface area contributed by atoms with Crippen LogP contribution in [-0.2, 0) is 16.0 Å². The minimum atomic E-state index is -0.402. The molecule has 0 atom stereocenters. The van der Waals surface area contributed by atoms with Gasteiger partial charge in [-0.2, -0.15) is 0 Å². The molecule has 7 heteroatoms. The molecule has 2 fully saturated rings. The third-order valence-corrected chi connectivity index (χ3v) is 7.37. The minimum absolute atomic E-state index is 0.00519. The Morgan fingerprint density at radius 1 is 1.19 bits per heavy atom. The second kappa shape index (κ2) is 8.57. The molecule has 0 radical (unpaired) electrons. The van der Waals surface area contributed by atoms with Gasteiger partial charge in [-0.05, 0) is 48.4 Å². The molecule has 1 aromatic carbocycles. The van der Waals surface area contributed by atoms with E-state index in [0.29, 0.717) is 19.8 Å². The van der Waals surface area contributed by atoms with Gasteiger partial charge in [0, 0.05) is 37.0 Å². The van der Waals surface area contributed by atoms with Gasteiger partial charge in [-0.3, -0.25) is 9.78 Å². The summed E-state index contributed by atoms with van der Waals surface area (Å²) in [6.07, 6.45) is 5.26. The van der Waals surface area contributed by atoms with Gasteiger partial charge < -0.3 is 20.1 Å². The van der Waals surface area contributed by atoms with E-state index in [1.807, 2.05) is 42.8 Å². The summed E-state index contributed by atoms with van der Waals surface area (Å²) < 4.78 is 11.6. The molecule has 2 N–H and O–H groups in total. The molecule has 1 amide bonds. The highest BCUT2D eigenvalue weighted by Crippen LogP contribution is 2.36. The second-order valence-corrected chi connectivity index (χ2v) is 9.20. The first-order valence-corrected chi connectivity index (χ1v) is 11.7. The first kappa shape index (κ1) is 20.4. The molecule has 1 aliphatic heterocycles. The molecule has 6 nitrogen and oxygen atoms in total. The van der Waals surface area contributed by atoms with Crippen LogP contribution in [0.2, 0.25) is 0 Å². The van der Waals surface area contributed by atoms with Crippen LogP contribution in [0.15, 0.2) is 41.9 Å². The maximum absolute atomic E-state index is 13.1. The summed E-state index contributed by atoms with van der Waals surface area (Å²) in [4.78, 5) is 18.2. The number of hydrogen-bond acceptors (Lipinski definition) is 6. The molecule has 1 saturated heterocycles. The van der Waals surface area contributed by atoms with Crippen LogP contribution >= 0.6 is 11.3 Å². The lowest BCUT2D eigenvalue weighted by Crippen LogP contribution is -2.44. The van der Waals surface area contributed by atoms with Gasteiger partial charge >= 0.3 is 0 Å². The second-order valence-electron chi connectivity index (χ2n) is 8.32. The van der Waals surface area contributed by atoms with Gasteiger partial charge in [0.25, 0.3) is 5.91 Å². The van der Waals surface area contributed by atoms with Crippen LogP contribution in [0.5, 0.6) is 0 Å². The monoisotopic (exact) mass is 437 g/mol. The zero-order chi connectivity index (χ0) is 21.3. The van der Waals surface area contributed by atoms with Crippen molar-refractivity contribution in [2.45, 2.75) is 51.0 Å². The molecular formula is C24H27N3O3S. The van der Waals surface area contributed by atoms with E-state index in [0.717, 1.165) is 58.3 Å². The average molecular weight is 438 g/mol. The van der Waals surface area contributed by atoms with Crippen molar-refractivity contribution in [2.75, 3.05) is 18.5 Å². The molecule has 3 heterocycles. The highest BCUT2D eigenvalue weighted by Gasteiger charge is 2.40. The van der Waals surface area contributed by atoms with Crippen molar-refractivity contribution in [3.05, 3.63) is 57.9 Å². The number of aromatic nitrogens is 1. The van der Waals surface area contributed by atoms with E-state index in [9.17, 15) is 4.79 Å². The van der Waals surface area contributed by atoms with Crippen molar-refractivity contribution in [3.63, 3.8) is 0 Å². The summed E-state index contributed by atoms with van der Waals surface area (Å²) in [5.41, 5.74) is 4.14. The summed E-state index contributed by atoms with van der Waals surface area (Å²) in [6, 6.07) is 10.3. The summed E-state index contributed by atoms with van der Waals surface area (Å²) in [7, 11) is 0. The summed E-state index contributed by atoms with van der Waals surface area (Å²) in [6.45, 7) is 4.03. The predicted molar refractivity (Wildman–Crippen MR) is 122 cm³/mol. The number of hydrogen-bond donors (Lipinski definition) is 2.